The minimum Gasteiger partial charge on any atom is 0 e. The molecule has 2 rings (SSSR count). The van der Waals surface area contributed by atoms with Crippen LogP contribution in [-0.4, -0.2) is 0 Å². The van der Waals surface area contributed by atoms with Gasteiger partial charge in [-0.1, -0.05) is 0 Å². The Labute approximate surface area is 132 Å². The van der Waals surface area contributed by atoms with Gasteiger partial charge in [0.2, 0.25) is 0 Å². The molecule has 2 aromatic carbocycles. The molecule has 2 aromatic rings. The van der Waals surface area contributed by atoms with E-state index in [-0.39, 0.29) is 20.4 Å². The fraction of sp³-hybridized carbons (Fsp3) is 0.143. The van der Waals surface area contributed by atoms with E-state index in [9.17, 15) is 0 Å². The molecule has 0 aliphatic heterocycles. The van der Waals surface area contributed by atoms with E-state index in [0.29, 0.717) is 0 Å². The number of halogens is 2. The second-order valence-electron chi connectivity index (χ2n) is 4.31. The molecule has 0 bridgehead atoms. The first kappa shape index (κ1) is 16.2. The van der Waals surface area contributed by atoms with E-state index in [4.69, 9.17) is 22.5 Å². The van der Waals surface area contributed by atoms with Gasteiger partial charge in [-0.25, -0.2) is 0 Å². The summed E-state index contributed by atoms with van der Waals surface area (Å²) < 4.78 is 0. The molecule has 0 aromatic heterocycles. The van der Waals surface area contributed by atoms with Gasteiger partial charge >= 0.3 is 113 Å². The predicted molar refractivity (Wildman–Crippen MR) is 81.6 cm³/mol. The van der Waals surface area contributed by atoms with E-state index in [2.05, 4.69) is 38.1 Å². The fourth-order valence-corrected chi connectivity index (χ4v) is 4.71. The van der Waals surface area contributed by atoms with Gasteiger partial charge in [0.1, 0.15) is 0 Å². The molecule has 0 heterocycles. The molecule has 0 atom stereocenters. The molecule has 0 fully saturated rings. The first-order chi connectivity index (χ1) is 8.00. The van der Waals surface area contributed by atoms with Crippen LogP contribution in [0.4, 0.5) is 0 Å². The number of rotatable bonds is 2. The molecular formula is C14H15Cl2PPd. The number of benzene rings is 2. The zero-order chi connectivity index (χ0) is 12.5. The van der Waals surface area contributed by atoms with E-state index < -0.39 is 5.97 Å². The molecule has 100 valence electrons. The van der Waals surface area contributed by atoms with Crippen LogP contribution < -0.4 is 10.6 Å². The van der Waals surface area contributed by atoms with Crippen LogP contribution in [0.25, 0.3) is 0 Å². The van der Waals surface area contributed by atoms with Crippen molar-refractivity contribution in [2.45, 2.75) is 13.8 Å². The van der Waals surface area contributed by atoms with Crippen LogP contribution >= 0.6 is 28.4 Å². The van der Waals surface area contributed by atoms with Crippen LogP contribution in [0.15, 0.2) is 48.5 Å². The van der Waals surface area contributed by atoms with Gasteiger partial charge in [-0.05, 0) is 0 Å². The monoisotopic (exact) mass is 390 g/mol. The quantitative estimate of drug-likeness (QED) is 0.529. The molecule has 0 N–H and O–H groups in total. The van der Waals surface area contributed by atoms with Crippen LogP contribution in [0.3, 0.4) is 0 Å². The summed E-state index contributed by atoms with van der Waals surface area (Å²) in [4.78, 5) is 0. The zero-order valence-corrected chi connectivity index (χ0v) is 14.3. The third-order valence-corrected chi connectivity index (χ3v) is 7.56. The van der Waals surface area contributed by atoms with Gasteiger partial charge in [-0.15, -0.1) is 0 Å². The summed E-state index contributed by atoms with van der Waals surface area (Å²) in [6.45, 7) is 4.11. The number of hydrogen-bond acceptors (Lipinski definition) is 0. The van der Waals surface area contributed by atoms with Crippen molar-refractivity contribution in [3.8, 4) is 0 Å². The van der Waals surface area contributed by atoms with E-state index in [1.165, 1.54) is 11.1 Å². The molecule has 18 heavy (non-hydrogen) atoms. The Morgan fingerprint density at radius 2 is 0.944 bits per heavy atom. The maximum Gasteiger partial charge on any atom is 0 e. The summed E-state index contributed by atoms with van der Waals surface area (Å²) in [7, 11) is 0. The van der Waals surface area contributed by atoms with E-state index in [1.807, 2.05) is 24.3 Å². The molecule has 0 spiro atoms. The van der Waals surface area contributed by atoms with Gasteiger partial charge in [0, 0.05) is 20.4 Å². The Kier molecular flexibility index (Phi) is 5.85. The molecule has 0 nitrogen and oxygen atoms in total. The summed E-state index contributed by atoms with van der Waals surface area (Å²) in [6, 6.07) is 16.3. The van der Waals surface area contributed by atoms with Gasteiger partial charge < -0.3 is 0 Å². The van der Waals surface area contributed by atoms with Gasteiger partial charge in [0.15, 0.2) is 0 Å². The molecule has 0 aliphatic rings. The molecule has 0 saturated carbocycles. The van der Waals surface area contributed by atoms with Crippen LogP contribution in [0, 0.1) is 13.8 Å². The third kappa shape index (κ3) is 3.57. The first-order valence-electron chi connectivity index (χ1n) is 5.52. The largest absolute Gasteiger partial charge is 0 e. The summed E-state index contributed by atoms with van der Waals surface area (Å²) in [5.41, 5.74) is 2.44. The Hall–Kier alpha value is 0.112. The standard InChI is InChI=1S/C14H15Cl2P.Pd/c1-11-3-7-13(8-4-11)17(15,16)14-9-5-12(2)6-10-14;/h3-10,17H,1-2H3;. The Bertz CT molecular complexity index is 459. The summed E-state index contributed by atoms with van der Waals surface area (Å²) in [6.07, 6.45) is 0. The van der Waals surface area contributed by atoms with Crippen molar-refractivity contribution in [1.82, 2.24) is 0 Å². The van der Waals surface area contributed by atoms with Gasteiger partial charge in [-0.3, -0.25) is 0 Å². The van der Waals surface area contributed by atoms with Crippen molar-refractivity contribution in [2.75, 3.05) is 0 Å². The van der Waals surface area contributed by atoms with Crippen LogP contribution in [-0.2, 0) is 20.4 Å². The summed E-state index contributed by atoms with van der Waals surface area (Å²) in [5, 5.41) is 2.07. The van der Waals surface area contributed by atoms with Crippen LogP contribution in [0.1, 0.15) is 11.1 Å². The number of aryl methyl sites for hydroxylation is 2. The maximum atomic E-state index is 6.60. The van der Waals surface area contributed by atoms with Crippen molar-refractivity contribution in [1.29, 1.82) is 0 Å². The molecule has 0 aliphatic carbocycles. The average Bonchev–Trinajstić information content (AvgIpc) is 2.30. The zero-order valence-electron chi connectivity index (χ0n) is 10.2. The average molecular weight is 392 g/mol. The third-order valence-electron chi connectivity index (χ3n) is 2.83. The smallest absolute Gasteiger partial charge is 0 e. The van der Waals surface area contributed by atoms with Crippen molar-refractivity contribution < 1.29 is 20.4 Å². The maximum absolute atomic E-state index is 6.60. The number of hydrogen-bond donors (Lipinski definition) is 0. The fourth-order valence-electron chi connectivity index (χ4n) is 1.69. The van der Waals surface area contributed by atoms with Crippen molar-refractivity contribution in [2.24, 2.45) is 0 Å². The molecule has 0 radical (unpaired) electrons. The molecule has 0 saturated heterocycles. The molecule has 0 amide bonds. The minimum absolute atomic E-state index is 0. The topological polar surface area (TPSA) is 0 Å². The summed E-state index contributed by atoms with van der Waals surface area (Å²) in [5.74, 6) is -2.56. The van der Waals surface area contributed by atoms with E-state index in [1.54, 1.807) is 0 Å². The van der Waals surface area contributed by atoms with Gasteiger partial charge in [0.25, 0.3) is 0 Å². The normalized spacial score (nSPS) is 11.8. The van der Waals surface area contributed by atoms with E-state index >= 15 is 0 Å². The van der Waals surface area contributed by atoms with Crippen LogP contribution in [0.5, 0.6) is 0 Å². The molecule has 0 unspecified atom stereocenters. The molecule has 4 heteroatoms. The SMILES string of the molecule is Cc1ccc([PH](Cl)(Cl)c2ccc(C)cc2)cc1.[Pd]. The Balaban J connectivity index is 0.00000162. The van der Waals surface area contributed by atoms with Gasteiger partial charge in [0.05, 0.1) is 0 Å². The minimum atomic E-state index is -2.56. The van der Waals surface area contributed by atoms with Crippen molar-refractivity contribution in [3.63, 3.8) is 0 Å². The van der Waals surface area contributed by atoms with Gasteiger partial charge in [-0.2, -0.15) is 0 Å². The predicted octanol–water partition coefficient (Wildman–Crippen LogP) is 4.31. The second kappa shape index (κ2) is 6.52. The Morgan fingerprint density at radius 3 is 1.22 bits per heavy atom. The van der Waals surface area contributed by atoms with Crippen molar-refractivity contribution >= 4 is 39.1 Å². The Morgan fingerprint density at radius 1 is 0.667 bits per heavy atom. The molecular weight excluding hydrogens is 376 g/mol. The van der Waals surface area contributed by atoms with E-state index in [0.717, 1.165) is 10.6 Å². The van der Waals surface area contributed by atoms with Crippen LogP contribution in [0.2, 0.25) is 0 Å². The summed E-state index contributed by atoms with van der Waals surface area (Å²) >= 11 is 13.2. The second-order valence-corrected chi connectivity index (χ2v) is 10.6. The first-order valence-corrected chi connectivity index (χ1v) is 9.54. The van der Waals surface area contributed by atoms with Crippen molar-refractivity contribution in [3.05, 3.63) is 59.7 Å².